The number of piperidine rings is 1. The molecule has 104 valence electrons. The van der Waals surface area contributed by atoms with Crippen molar-refractivity contribution >= 4 is 6.08 Å². The zero-order valence-corrected chi connectivity index (χ0v) is 10.7. The first-order valence-corrected chi connectivity index (χ1v) is 6.63. The summed E-state index contributed by atoms with van der Waals surface area (Å²) in [5.41, 5.74) is 0.211. The van der Waals surface area contributed by atoms with Crippen molar-refractivity contribution in [2.75, 3.05) is 6.54 Å². The number of halogens is 3. The van der Waals surface area contributed by atoms with Crippen LogP contribution in [0.15, 0.2) is 30.3 Å². The Morgan fingerprint density at radius 1 is 1.16 bits per heavy atom. The second-order valence-corrected chi connectivity index (χ2v) is 4.90. The summed E-state index contributed by atoms with van der Waals surface area (Å²) in [6.45, 7) is 1.07. The Morgan fingerprint density at radius 2 is 1.89 bits per heavy atom. The SMILES string of the molecule is FC(F)(F)c1ccc(/C=C/CC2CCCCN2)cc1. The van der Waals surface area contributed by atoms with Crippen molar-refractivity contribution in [3.63, 3.8) is 0 Å². The fourth-order valence-electron chi connectivity index (χ4n) is 2.28. The molecule has 1 aromatic rings. The van der Waals surface area contributed by atoms with Crippen LogP contribution in [0.5, 0.6) is 0 Å². The molecular formula is C15H18F3N. The Labute approximate surface area is 111 Å². The highest BCUT2D eigenvalue weighted by Crippen LogP contribution is 2.29. The van der Waals surface area contributed by atoms with Gasteiger partial charge in [-0.1, -0.05) is 30.7 Å². The predicted octanol–water partition coefficient (Wildman–Crippen LogP) is 4.25. The van der Waals surface area contributed by atoms with Gasteiger partial charge in [-0.25, -0.2) is 0 Å². The Hall–Kier alpha value is -1.29. The van der Waals surface area contributed by atoms with Crippen LogP contribution in [-0.2, 0) is 6.18 Å². The summed E-state index contributed by atoms with van der Waals surface area (Å²) in [6, 6.07) is 5.78. The van der Waals surface area contributed by atoms with Crippen molar-refractivity contribution in [1.29, 1.82) is 0 Å². The summed E-state index contributed by atoms with van der Waals surface area (Å²) < 4.78 is 37.2. The highest BCUT2D eigenvalue weighted by Gasteiger charge is 2.29. The quantitative estimate of drug-likeness (QED) is 0.865. The van der Waals surface area contributed by atoms with Crippen molar-refractivity contribution < 1.29 is 13.2 Å². The van der Waals surface area contributed by atoms with Gasteiger partial charge >= 0.3 is 6.18 Å². The highest BCUT2D eigenvalue weighted by atomic mass is 19.4. The molecule has 1 heterocycles. The molecule has 0 aliphatic carbocycles. The van der Waals surface area contributed by atoms with Crippen molar-refractivity contribution in [3.05, 3.63) is 41.5 Å². The number of hydrogen-bond donors (Lipinski definition) is 1. The summed E-state index contributed by atoms with van der Waals surface area (Å²) in [5.74, 6) is 0. The molecule has 0 bridgehead atoms. The number of rotatable bonds is 3. The van der Waals surface area contributed by atoms with Crippen LogP contribution in [0.1, 0.15) is 36.8 Å². The predicted molar refractivity (Wildman–Crippen MR) is 70.7 cm³/mol. The van der Waals surface area contributed by atoms with Gasteiger partial charge in [-0.05, 0) is 43.5 Å². The van der Waals surface area contributed by atoms with Crippen LogP contribution in [0.4, 0.5) is 13.2 Å². The smallest absolute Gasteiger partial charge is 0.314 e. The summed E-state index contributed by atoms with van der Waals surface area (Å²) in [5, 5.41) is 3.43. The fraction of sp³-hybridized carbons (Fsp3) is 0.467. The van der Waals surface area contributed by atoms with E-state index in [-0.39, 0.29) is 0 Å². The van der Waals surface area contributed by atoms with E-state index in [0.717, 1.165) is 30.7 Å². The molecule has 1 unspecified atom stereocenters. The molecule has 2 rings (SSSR count). The molecule has 1 fully saturated rings. The third-order valence-electron chi connectivity index (χ3n) is 3.38. The molecule has 0 aromatic heterocycles. The number of hydrogen-bond acceptors (Lipinski definition) is 1. The number of benzene rings is 1. The van der Waals surface area contributed by atoms with E-state index in [9.17, 15) is 13.2 Å². The largest absolute Gasteiger partial charge is 0.416 e. The molecule has 0 amide bonds. The standard InChI is InChI=1S/C15H18F3N/c16-15(17,18)13-9-7-12(8-10-13)4-3-6-14-5-1-2-11-19-14/h3-4,7-10,14,19H,1-2,5-6,11H2/b4-3+. The Balaban J connectivity index is 1.88. The molecule has 1 nitrogen and oxygen atoms in total. The maximum atomic E-state index is 12.4. The van der Waals surface area contributed by atoms with E-state index < -0.39 is 11.7 Å². The molecule has 1 aliphatic rings. The average Bonchev–Trinajstić information content (AvgIpc) is 2.39. The minimum atomic E-state index is -4.26. The normalized spacial score (nSPS) is 20.9. The van der Waals surface area contributed by atoms with Crippen molar-refractivity contribution in [3.8, 4) is 0 Å². The van der Waals surface area contributed by atoms with Crippen LogP contribution in [-0.4, -0.2) is 12.6 Å². The Kier molecular flexibility index (Phi) is 4.64. The van der Waals surface area contributed by atoms with E-state index >= 15 is 0 Å². The molecule has 1 saturated heterocycles. The molecule has 4 heteroatoms. The molecule has 19 heavy (non-hydrogen) atoms. The van der Waals surface area contributed by atoms with Crippen LogP contribution in [0, 0.1) is 0 Å². The monoisotopic (exact) mass is 269 g/mol. The van der Waals surface area contributed by atoms with Gasteiger partial charge in [0.05, 0.1) is 5.56 Å². The third kappa shape index (κ3) is 4.39. The van der Waals surface area contributed by atoms with Gasteiger partial charge in [-0.2, -0.15) is 13.2 Å². The van der Waals surface area contributed by atoms with E-state index in [2.05, 4.69) is 5.32 Å². The molecular weight excluding hydrogens is 251 g/mol. The lowest BCUT2D eigenvalue weighted by Crippen LogP contribution is -2.33. The number of nitrogens with one attached hydrogen (secondary N) is 1. The van der Waals surface area contributed by atoms with Gasteiger partial charge < -0.3 is 5.32 Å². The van der Waals surface area contributed by atoms with Crippen LogP contribution < -0.4 is 5.32 Å². The maximum absolute atomic E-state index is 12.4. The topological polar surface area (TPSA) is 12.0 Å². The second kappa shape index (κ2) is 6.24. The van der Waals surface area contributed by atoms with Gasteiger partial charge in [0.25, 0.3) is 0 Å². The first-order valence-electron chi connectivity index (χ1n) is 6.63. The summed E-state index contributed by atoms with van der Waals surface area (Å²) >= 11 is 0. The molecule has 1 aromatic carbocycles. The maximum Gasteiger partial charge on any atom is 0.416 e. The van der Waals surface area contributed by atoms with Crippen molar-refractivity contribution in [1.82, 2.24) is 5.32 Å². The molecule has 0 saturated carbocycles. The van der Waals surface area contributed by atoms with Crippen molar-refractivity contribution in [2.45, 2.75) is 37.9 Å². The second-order valence-electron chi connectivity index (χ2n) is 4.90. The zero-order valence-electron chi connectivity index (χ0n) is 10.7. The molecule has 1 aliphatic heterocycles. The minimum Gasteiger partial charge on any atom is -0.314 e. The van der Waals surface area contributed by atoms with E-state index in [4.69, 9.17) is 0 Å². The first-order chi connectivity index (χ1) is 9.05. The molecule has 0 spiro atoms. The van der Waals surface area contributed by atoms with Gasteiger partial charge in [0.15, 0.2) is 0 Å². The lowest BCUT2D eigenvalue weighted by molar-refractivity contribution is -0.137. The van der Waals surface area contributed by atoms with Gasteiger partial charge in [0.2, 0.25) is 0 Å². The van der Waals surface area contributed by atoms with Crippen LogP contribution in [0.2, 0.25) is 0 Å². The van der Waals surface area contributed by atoms with E-state index in [1.54, 1.807) is 0 Å². The lowest BCUT2D eigenvalue weighted by atomic mass is 10.0. The highest BCUT2D eigenvalue weighted by molar-refractivity contribution is 5.49. The van der Waals surface area contributed by atoms with E-state index in [1.165, 1.54) is 31.4 Å². The summed E-state index contributed by atoms with van der Waals surface area (Å²) in [6.07, 6.45) is 4.26. The summed E-state index contributed by atoms with van der Waals surface area (Å²) in [4.78, 5) is 0. The molecule has 1 N–H and O–H groups in total. The van der Waals surface area contributed by atoms with Crippen molar-refractivity contribution in [2.24, 2.45) is 0 Å². The van der Waals surface area contributed by atoms with Crippen LogP contribution >= 0.6 is 0 Å². The fourth-order valence-corrected chi connectivity index (χ4v) is 2.28. The minimum absolute atomic E-state index is 0.513. The zero-order chi connectivity index (χ0) is 13.7. The van der Waals surface area contributed by atoms with E-state index in [1.807, 2.05) is 12.2 Å². The molecule has 1 atom stereocenters. The van der Waals surface area contributed by atoms with Crippen LogP contribution in [0.3, 0.4) is 0 Å². The first kappa shape index (κ1) is 14.1. The van der Waals surface area contributed by atoms with Gasteiger partial charge in [-0.3, -0.25) is 0 Å². The summed E-state index contributed by atoms with van der Waals surface area (Å²) in [7, 11) is 0. The molecule has 0 radical (unpaired) electrons. The number of alkyl halides is 3. The lowest BCUT2D eigenvalue weighted by Gasteiger charge is -2.21. The van der Waals surface area contributed by atoms with E-state index in [0.29, 0.717) is 6.04 Å². The third-order valence-corrected chi connectivity index (χ3v) is 3.38. The Bertz CT molecular complexity index is 414. The average molecular weight is 269 g/mol. The van der Waals surface area contributed by atoms with Gasteiger partial charge in [0, 0.05) is 6.04 Å². The van der Waals surface area contributed by atoms with Gasteiger partial charge in [0.1, 0.15) is 0 Å². The van der Waals surface area contributed by atoms with Gasteiger partial charge in [-0.15, -0.1) is 0 Å². The van der Waals surface area contributed by atoms with Crippen LogP contribution in [0.25, 0.3) is 6.08 Å². The Morgan fingerprint density at radius 3 is 2.47 bits per heavy atom.